The zero-order valence-corrected chi connectivity index (χ0v) is 10.9. The van der Waals surface area contributed by atoms with Gasteiger partial charge in [0, 0.05) is 11.1 Å². The van der Waals surface area contributed by atoms with E-state index in [1.165, 1.54) is 50.7 Å². The zero-order chi connectivity index (χ0) is 10.2. The predicted octanol–water partition coefficient (Wildman–Crippen LogP) is 4.71. The third kappa shape index (κ3) is 5.50. The maximum Gasteiger partial charge on any atom is 0.0223 e. The van der Waals surface area contributed by atoms with Crippen molar-refractivity contribution in [2.75, 3.05) is 11.6 Å². The standard InChI is InChI=1S/C12H23ClS/c1-11-6-5-7-12(10-11)14-9-4-2-3-8-13/h11-12H,2-10H2,1H3. The summed E-state index contributed by atoms with van der Waals surface area (Å²) >= 11 is 7.85. The van der Waals surface area contributed by atoms with E-state index in [0.29, 0.717) is 0 Å². The van der Waals surface area contributed by atoms with Crippen molar-refractivity contribution in [1.29, 1.82) is 0 Å². The van der Waals surface area contributed by atoms with Gasteiger partial charge in [-0.25, -0.2) is 0 Å². The highest BCUT2D eigenvalue weighted by Crippen LogP contribution is 2.32. The highest BCUT2D eigenvalue weighted by Gasteiger charge is 2.18. The van der Waals surface area contributed by atoms with E-state index in [9.17, 15) is 0 Å². The van der Waals surface area contributed by atoms with E-state index in [0.717, 1.165) is 17.0 Å². The molecule has 0 aromatic carbocycles. The van der Waals surface area contributed by atoms with Crippen molar-refractivity contribution in [2.24, 2.45) is 5.92 Å². The van der Waals surface area contributed by atoms with Gasteiger partial charge in [0.2, 0.25) is 0 Å². The van der Waals surface area contributed by atoms with Crippen molar-refractivity contribution in [3.8, 4) is 0 Å². The van der Waals surface area contributed by atoms with Crippen LogP contribution in [0, 0.1) is 5.92 Å². The van der Waals surface area contributed by atoms with Crippen LogP contribution in [0.15, 0.2) is 0 Å². The summed E-state index contributed by atoms with van der Waals surface area (Å²) in [4.78, 5) is 0. The number of hydrogen-bond acceptors (Lipinski definition) is 1. The first kappa shape index (κ1) is 12.7. The summed E-state index contributed by atoms with van der Waals surface area (Å²) in [5.74, 6) is 3.17. The lowest BCUT2D eigenvalue weighted by Gasteiger charge is -2.26. The second-order valence-electron chi connectivity index (χ2n) is 4.51. The van der Waals surface area contributed by atoms with Crippen LogP contribution in [-0.4, -0.2) is 16.9 Å². The molecule has 2 atom stereocenters. The molecule has 0 aromatic rings. The van der Waals surface area contributed by atoms with Crippen molar-refractivity contribution in [3.05, 3.63) is 0 Å². The lowest BCUT2D eigenvalue weighted by atomic mass is 9.91. The maximum absolute atomic E-state index is 5.64. The minimum absolute atomic E-state index is 0.838. The van der Waals surface area contributed by atoms with Crippen molar-refractivity contribution < 1.29 is 0 Å². The summed E-state index contributed by atoms with van der Waals surface area (Å²) in [5, 5.41) is 0.967. The van der Waals surface area contributed by atoms with E-state index >= 15 is 0 Å². The fourth-order valence-electron chi connectivity index (χ4n) is 2.15. The minimum Gasteiger partial charge on any atom is -0.159 e. The molecule has 0 heterocycles. The molecular weight excluding hydrogens is 212 g/mol. The van der Waals surface area contributed by atoms with Crippen molar-refractivity contribution in [3.63, 3.8) is 0 Å². The van der Waals surface area contributed by atoms with Crippen LogP contribution in [-0.2, 0) is 0 Å². The monoisotopic (exact) mass is 234 g/mol. The fraction of sp³-hybridized carbons (Fsp3) is 1.00. The van der Waals surface area contributed by atoms with Gasteiger partial charge in [-0.1, -0.05) is 26.2 Å². The van der Waals surface area contributed by atoms with Crippen LogP contribution in [0.3, 0.4) is 0 Å². The quantitative estimate of drug-likeness (QED) is 0.474. The smallest absolute Gasteiger partial charge is 0.0223 e. The van der Waals surface area contributed by atoms with E-state index in [4.69, 9.17) is 11.6 Å². The predicted molar refractivity (Wildman–Crippen MR) is 68.4 cm³/mol. The number of thioether (sulfide) groups is 1. The van der Waals surface area contributed by atoms with Gasteiger partial charge >= 0.3 is 0 Å². The molecule has 2 heteroatoms. The van der Waals surface area contributed by atoms with Crippen molar-refractivity contribution in [2.45, 2.75) is 57.1 Å². The Morgan fingerprint density at radius 2 is 2.07 bits per heavy atom. The third-order valence-electron chi connectivity index (χ3n) is 3.02. The first-order valence-corrected chi connectivity index (χ1v) is 7.59. The summed E-state index contributed by atoms with van der Waals surface area (Å²) in [6.07, 6.45) is 9.72. The van der Waals surface area contributed by atoms with Gasteiger partial charge in [-0.05, 0) is 37.4 Å². The van der Waals surface area contributed by atoms with E-state index in [1.54, 1.807) is 0 Å². The molecule has 1 rings (SSSR count). The molecule has 1 aliphatic rings. The van der Waals surface area contributed by atoms with E-state index in [-0.39, 0.29) is 0 Å². The molecule has 0 spiro atoms. The van der Waals surface area contributed by atoms with Gasteiger partial charge in [0.25, 0.3) is 0 Å². The topological polar surface area (TPSA) is 0 Å². The molecule has 1 saturated carbocycles. The third-order valence-corrected chi connectivity index (χ3v) is 4.71. The van der Waals surface area contributed by atoms with Gasteiger partial charge in [-0.15, -0.1) is 11.6 Å². The fourth-order valence-corrected chi connectivity index (χ4v) is 3.84. The molecule has 14 heavy (non-hydrogen) atoms. The summed E-state index contributed by atoms with van der Waals surface area (Å²) < 4.78 is 0. The Balaban J connectivity index is 1.95. The molecule has 1 fully saturated rings. The molecule has 1 aliphatic carbocycles. The highest BCUT2D eigenvalue weighted by atomic mass is 35.5. The normalized spacial score (nSPS) is 27.9. The Morgan fingerprint density at radius 3 is 2.79 bits per heavy atom. The molecule has 0 radical (unpaired) electrons. The number of unbranched alkanes of at least 4 members (excludes halogenated alkanes) is 2. The lowest BCUT2D eigenvalue weighted by molar-refractivity contribution is 0.394. The molecule has 2 unspecified atom stereocenters. The molecule has 84 valence electrons. The molecule has 0 bridgehead atoms. The second-order valence-corrected chi connectivity index (χ2v) is 6.30. The number of halogens is 1. The number of rotatable bonds is 6. The SMILES string of the molecule is CC1CCCC(SCCCCCCl)C1. The van der Waals surface area contributed by atoms with Crippen LogP contribution in [0.1, 0.15) is 51.9 Å². The molecule has 0 aromatic heterocycles. The average Bonchev–Trinajstić information content (AvgIpc) is 2.18. The number of hydrogen-bond donors (Lipinski definition) is 0. The van der Waals surface area contributed by atoms with Crippen LogP contribution >= 0.6 is 23.4 Å². The zero-order valence-electron chi connectivity index (χ0n) is 9.30. The first-order valence-electron chi connectivity index (χ1n) is 6.00. The molecule has 0 N–H and O–H groups in total. The average molecular weight is 235 g/mol. The molecule has 0 amide bonds. The lowest BCUT2D eigenvalue weighted by Crippen LogP contribution is -2.15. The van der Waals surface area contributed by atoms with E-state index in [2.05, 4.69) is 18.7 Å². The summed E-state index contributed by atoms with van der Waals surface area (Å²) in [7, 11) is 0. The summed E-state index contributed by atoms with van der Waals surface area (Å²) in [6, 6.07) is 0. The minimum atomic E-state index is 0.838. The summed E-state index contributed by atoms with van der Waals surface area (Å²) in [5.41, 5.74) is 0. The van der Waals surface area contributed by atoms with Gasteiger partial charge in [-0.2, -0.15) is 11.8 Å². The van der Waals surface area contributed by atoms with E-state index < -0.39 is 0 Å². The van der Waals surface area contributed by atoms with Gasteiger partial charge < -0.3 is 0 Å². The highest BCUT2D eigenvalue weighted by molar-refractivity contribution is 7.99. The maximum atomic E-state index is 5.64. The van der Waals surface area contributed by atoms with E-state index in [1.807, 2.05) is 0 Å². The van der Waals surface area contributed by atoms with Gasteiger partial charge in [0.05, 0.1) is 0 Å². The molecule has 0 nitrogen and oxygen atoms in total. The Bertz CT molecular complexity index is 138. The van der Waals surface area contributed by atoms with Crippen LogP contribution < -0.4 is 0 Å². The first-order chi connectivity index (χ1) is 6.83. The summed E-state index contributed by atoms with van der Waals surface area (Å²) in [6.45, 7) is 2.40. The van der Waals surface area contributed by atoms with Gasteiger partial charge in [-0.3, -0.25) is 0 Å². The van der Waals surface area contributed by atoms with Crippen LogP contribution in [0.25, 0.3) is 0 Å². The Kier molecular flexibility index (Phi) is 7.14. The molecule has 0 saturated heterocycles. The Hall–Kier alpha value is 0.640. The molecule has 0 aliphatic heterocycles. The van der Waals surface area contributed by atoms with Crippen LogP contribution in [0.5, 0.6) is 0 Å². The second kappa shape index (κ2) is 7.87. The molecular formula is C12H23ClS. The van der Waals surface area contributed by atoms with Gasteiger partial charge in [0.1, 0.15) is 0 Å². The van der Waals surface area contributed by atoms with Crippen LogP contribution in [0.2, 0.25) is 0 Å². The Labute approximate surface area is 98.2 Å². The van der Waals surface area contributed by atoms with Gasteiger partial charge in [0.15, 0.2) is 0 Å². The Morgan fingerprint density at radius 1 is 1.21 bits per heavy atom. The van der Waals surface area contributed by atoms with Crippen LogP contribution in [0.4, 0.5) is 0 Å². The van der Waals surface area contributed by atoms with Crippen molar-refractivity contribution in [1.82, 2.24) is 0 Å². The largest absolute Gasteiger partial charge is 0.159 e. The van der Waals surface area contributed by atoms with Crippen molar-refractivity contribution >= 4 is 23.4 Å². The number of alkyl halides is 1.